The lowest BCUT2D eigenvalue weighted by Crippen LogP contribution is -2.34. The highest BCUT2D eigenvalue weighted by atomic mass is 19.3. The number of rotatable bonds is 5. The van der Waals surface area contributed by atoms with E-state index in [2.05, 4.69) is 15.5 Å². The second-order valence-corrected chi connectivity index (χ2v) is 5.05. The van der Waals surface area contributed by atoms with Crippen LogP contribution >= 0.6 is 0 Å². The van der Waals surface area contributed by atoms with Crippen LogP contribution in [0.1, 0.15) is 29.0 Å². The van der Waals surface area contributed by atoms with E-state index in [1.54, 1.807) is 0 Å². The number of hydrogen-bond donors (Lipinski definition) is 2. The Morgan fingerprint density at radius 3 is 2.91 bits per heavy atom. The Bertz CT molecular complexity index is 690. The van der Waals surface area contributed by atoms with Gasteiger partial charge in [-0.25, -0.2) is 8.78 Å². The predicted octanol–water partition coefficient (Wildman–Crippen LogP) is 2.31. The number of H-pyrrole nitrogens is 1. The van der Waals surface area contributed by atoms with E-state index in [0.29, 0.717) is 31.1 Å². The lowest BCUT2D eigenvalue weighted by atomic mass is 10.2. The van der Waals surface area contributed by atoms with Crippen molar-refractivity contribution in [1.29, 1.82) is 0 Å². The summed E-state index contributed by atoms with van der Waals surface area (Å²) in [6.07, 6.45) is -2.33. The summed E-state index contributed by atoms with van der Waals surface area (Å²) in [4.78, 5) is 11.8. The first-order valence-corrected chi connectivity index (χ1v) is 7.13. The fourth-order valence-electron chi connectivity index (χ4n) is 2.21. The van der Waals surface area contributed by atoms with Crippen molar-refractivity contribution in [3.8, 4) is 11.5 Å². The van der Waals surface area contributed by atoms with Gasteiger partial charge in [-0.1, -0.05) is 12.1 Å². The second-order valence-electron chi connectivity index (χ2n) is 5.05. The summed E-state index contributed by atoms with van der Waals surface area (Å²) in [6, 6.07) is 8.39. The molecule has 122 valence electrons. The Kier molecular flexibility index (Phi) is 4.40. The smallest absolute Gasteiger partial charge is 0.279 e. The molecule has 1 unspecified atom stereocenters. The summed E-state index contributed by atoms with van der Waals surface area (Å²) in [5, 5.41) is 8.31. The van der Waals surface area contributed by atoms with Crippen LogP contribution in [-0.4, -0.2) is 35.4 Å². The molecule has 0 radical (unpaired) electrons. The first kappa shape index (κ1) is 15.3. The third-order valence-corrected chi connectivity index (χ3v) is 3.38. The summed E-state index contributed by atoms with van der Waals surface area (Å²) in [7, 11) is 0. The molecule has 1 aliphatic rings. The van der Waals surface area contributed by atoms with Crippen LogP contribution in [0, 0.1) is 0 Å². The number of benzene rings is 1. The number of alkyl halides is 2. The molecular formula is C15H15F2N3O3. The normalized spacial score (nSPS) is 16.4. The average Bonchev–Trinajstić information content (AvgIpc) is 3.05. The average molecular weight is 323 g/mol. The highest BCUT2D eigenvalue weighted by molar-refractivity contribution is 5.92. The van der Waals surface area contributed by atoms with Crippen LogP contribution < -0.4 is 14.8 Å². The van der Waals surface area contributed by atoms with Crippen molar-refractivity contribution in [3.63, 3.8) is 0 Å². The molecule has 0 spiro atoms. The molecule has 0 saturated heterocycles. The van der Waals surface area contributed by atoms with E-state index < -0.39 is 12.3 Å². The SMILES string of the molecule is O=C(NCCC1COc2ccccc2O1)c1cc(C(F)F)[nH]n1. The van der Waals surface area contributed by atoms with E-state index >= 15 is 0 Å². The summed E-state index contributed by atoms with van der Waals surface area (Å²) < 4.78 is 36.2. The Morgan fingerprint density at radius 2 is 2.17 bits per heavy atom. The number of ether oxygens (including phenoxy) is 2. The van der Waals surface area contributed by atoms with Crippen LogP contribution in [0.2, 0.25) is 0 Å². The van der Waals surface area contributed by atoms with Gasteiger partial charge in [0.2, 0.25) is 0 Å². The van der Waals surface area contributed by atoms with Gasteiger partial charge in [-0.05, 0) is 18.2 Å². The molecule has 3 rings (SSSR count). The van der Waals surface area contributed by atoms with Crippen LogP contribution in [0.15, 0.2) is 30.3 Å². The van der Waals surface area contributed by atoms with Crippen molar-refractivity contribution < 1.29 is 23.0 Å². The molecule has 0 aliphatic carbocycles. The van der Waals surface area contributed by atoms with Crippen LogP contribution in [0.25, 0.3) is 0 Å². The van der Waals surface area contributed by atoms with Crippen molar-refractivity contribution >= 4 is 5.91 Å². The molecule has 1 atom stereocenters. The van der Waals surface area contributed by atoms with E-state index in [4.69, 9.17) is 9.47 Å². The first-order valence-electron chi connectivity index (χ1n) is 7.13. The van der Waals surface area contributed by atoms with E-state index in [9.17, 15) is 13.6 Å². The van der Waals surface area contributed by atoms with Crippen LogP contribution in [0.5, 0.6) is 11.5 Å². The first-order chi connectivity index (χ1) is 11.1. The maximum absolute atomic E-state index is 12.4. The number of nitrogens with one attached hydrogen (secondary N) is 2. The maximum atomic E-state index is 12.4. The zero-order valence-corrected chi connectivity index (χ0v) is 12.1. The molecule has 0 bridgehead atoms. The lowest BCUT2D eigenvalue weighted by molar-refractivity contribution is 0.0811. The van der Waals surface area contributed by atoms with Gasteiger partial charge < -0.3 is 14.8 Å². The monoisotopic (exact) mass is 323 g/mol. The number of para-hydroxylation sites is 2. The Morgan fingerprint density at radius 1 is 1.39 bits per heavy atom. The molecule has 1 amide bonds. The molecule has 0 fully saturated rings. The zero-order valence-electron chi connectivity index (χ0n) is 12.1. The molecule has 1 aliphatic heterocycles. The van der Waals surface area contributed by atoms with Gasteiger partial charge in [0, 0.05) is 13.0 Å². The van der Waals surface area contributed by atoms with E-state index in [0.717, 1.165) is 6.07 Å². The number of carbonyl (C=O) groups excluding carboxylic acids is 1. The third-order valence-electron chi connectivity index (χ3n) is 3.38. The van der Waals surface area contributed by atoms with Gasteiger partial charge in [0.25, 0.3) is 12.3 Å². The summed E-state index contributed by atoms with van der Waals surface area (Å²) in [5.74, 6) is 0.859. The molecule has 2 heterocycles. The molecule has 23 heavy (non-hydrogen) atoms. The van der Waals surface area contributed by atoms with Crippen molar-refractivity contribution in [1.82, 2.24) is 15.5 Å². The van der Waals surface area contributed by atoms with Gasteiger partial charge in [0.1, 0.15) is 24.1 Å². The van der Waals surface area contributed by atoms with Gasteiger partial charge in [-0.3, -0.25) is 9.89 Å². The fraction of sp³-hybridized carbons (Fsp3) is 0.333. The number of halogens is 2. The largest absolute Gasteiger partial charge is 0.486 e. The van der Waals surface area contributed by atoms with Gasteiger partial charge in [0.15, 0.2) is 11.5 Å². The molecule has 2 N–H and O–H groups in total. The lowest BCUT2D eigenvalue weighted by Gasteiger charge is -2.26. The van der Waals surface area contributed by atoms with Gasteiger partial charge in [-0.2, -0.15) is 5.10 Å². The number of amides is 1. The van der Waals surface area contributed by atoms with Gasteiger partial charge in [0.05, 0.1) is 0 Å². The highest BCUT2D eigenvalue weighted by Crippen LogP contribution is 2.31. The van der Waals surface area contributed by atoms with Crippen LogP contribution in [0.3, 0.4) is 0 Å². The summed E-state index contributed by atoms with van der Waals surface area (Å²) >= 11 is 0. The molecule has 8 heteroatoms. The highest BCUT2D eigenvalue weighted by Gasteiger charge is 2.21. The topological polar surface area (TPSA) is 76.2 Å². The molecular weight excluding hydrogens is 308 g/mol. The standard InChI is InChI=1S/C15H15F2N3O3/c16-14(17)10-7-11(20-19-10)15(21)18-6-5-9-8-22-12-3-1-2-4-13(12)23-9/h1-4,7,9,14H,5-6,8H2,(H,18,21)(H,19,20). The molecule has 1 aromatic heterocycles. The zero-order chi connectivity index (χ0) is 16.2. The van der Waals surface area contributed by atoms with Crippen molar-refractivity contribution in [2.45, 2.75) is 19.0 Å². The summed E-state index contributed by atoms with van der Waals surface area (Å²) in [5.41, 5.74) is -0.442. The van der Waals surface area contributed by atoms with Gasteiger partial charge >= 0.3 is 0 Å². The second kappa shape index (κ2) is 6.64. The third kappa shape index (κ3) is 3.58. The Hall–Kier alpha value is -2.64. The predicted molar refractivity (Wildman–Crippen MR) is 76.8 cm³/mol. The molecule has 1 aromatic carbocycles. The number of aromatic amines is 1. The number of carbonyl (C=O) groups is 1. The van der Waals surface area contributed by atoms with E-state index in [-0.39, 0.29) is 17.5 Å². The maximum Gasteiger partial charge on any atom is 0.279 e. The van der Waals surface area contributed by atoms with Crippen molar-refractivity contribution in [2.75, 3.05) is 13.2 Å². The number of aromatic nitrogens is 2. The quantitative estimate of drug-likeness (QED) is 0.885. The number of fused-ring (bicyclic) bond motifs is 1. The van der Waals surface area contributed by atoms with Crippen LogP contribution in [-0.2, 0) is 0 Å². The molecule has 6 nitrogen and oxygen atoms in total. The summed E-state index contributed by atoms with van der Waals surface area (Å²) in [6.45, 7) is 0.719. The van der Waals surface area contributed by atoms with E-state index in [1.807, 2.05) is 24.3 Å². The Balaban J connectivity index is 1.47. The minimum absolute atomic E-state index is 0.0635. The van der Waals surface area contributed by atoms with E-state index in [1.165, 1.54) is 0 Å². The van der Waals surface area contributed by atoms with Gasteiger partial charge in [-0.15, -0.1) is 0 Å². The minimum Gasteiger partial charge on any atom is -0.486 e. The van der Waals surface area contributed by atoms with Crippen molar-refractivity contribution in [2.24, 2.45) is 0 Å². The fourth-order valence-corrected chi connectivity index (χ4v) is 2.21. The Labute approximate surface area is 130 Å². The molecule has 2 aromatic rings. The molecule has 0 saturated carbocycles. The number of hydrogen-bond acceptors (Lipinski definition) is 4. The minimum atomic E-state index is -2.68. The van der Waals surface area contributed by atoms with Crippen LogP contribution in [0.4, 0.5) is 8.78 Å². The van der Waals surface area contributed by atoms with Crippen molar-refractivity contribution in [3.05, 3.63) is 41.7 Å². The number of nitrogens with zero attached hydrogens (tertiary/aromatic N) is 1.